The Morgan fingerprint density at radius 1 is 1.17 bits per heavy atom. The number of carbonyl (C=O) groups excluding carboxylic acids is 1. The average Bonchev–Trinajstić information content (AvgIpc) is 3.07. The first-order valence-corrected chi connectivity index (χ1v) is 10.7. The van der Waals surface area contributed by atoms with E-state index in [2.05, 4.69) is 10.3 Å². The molecule has 2 atom stereocenters. The summed E-state index contributed by atoms with van der Waals surface area (Å²) in [5.74, 6) is 0.272. The summed E-state index contributed by atoms with van der Waals surface area (Å²) in [5.41, 5.74) is 4.11. The van der Waals surface area contributed by atoms with Crippen LogP contribution in [0.1, 0.15) is 48.8 Å². The number of nitrogens with zero attached hydrogens (tertiary/aromatic N) is 1. The fourth-order valence-corrected chi connectivity index (χ4v) is 4.08. The Morgan fingerprint density at radius 2 is 1.86 bits per heavy atom. The summed E-state index contributed by atoms with van der Waals surface area (Å²) in [6, 6.07) is 17.1. The van der Waals surface area contributed by atoms with Gasteiger partial charge in [-0.1, -0.05) is 61.2 Å². The average molecular weight is 410 g/mol. The van der Waals surface area contributed by atoms with Crippen LogP contribution < -0.4 is 5.32 Å². The van der Waals surface area contributed by atoms with E-state index in [0.717, 1.165) is 27.7 Å². The van der Waals surface area contributed by atoms with Crippen LogP contribution in [0.15, 0.2) is 59.8 Å². The lowest BCUT2D eigenvalue weighted by Gasteiger charge is -2.18. The summed E-state index contributed by atoms with van der Waals surface area (Å²) >= 11 is 1.46. The number of H-pyrrole nitrogens is 1. The molecule has 3 rings (SSSR count). The van der Waals surface area contributed by atoms with Crippen LogP contribution in [0.5, 0.6) is 5.75 Å². The Bertz CT molecular complexity index is 939. The number of thioether (sulfide) groups is 1. The van der Waals surface area contributed by atoms with Crippen molar-refractivity contribution < 1.29 is 9.90 Å². The molecule has 0 fully saturated rings. The number of imidazole rings is 1. The van der Waals surface area contributed by atoms with Gasteiger partial charge >= 0.3 is 0 Å². The summed E-state index contributed by atoms with van der Waals surface area (Å²) in [4.78, 5) is 20.8. The predicted molar refractivity (Wildman–Crippen MR) is 117 cm³/mol. The molecule has 0 bridgehead atoms. The molecule has 6 heteroatoms. The normalized spacial score (nSPS) is 13.1. The van der Waals surface area contributed by atoms with Crippen LogP contribution in [0.3, 0.4) is 0 Å². The topological polar surface area (TPSA) is 78.0 Å². The summed E-state index contributed by atoms with van der Waals surface area (Å²) in [7, 11) is 0. The molecule has 0 radical (unpaired) electrons. The van der Waals surface area contributed by atoms with Gasteiger partial charge < -0.3 is 15.4 Å². The van der Waals surface area contributed by atoms with Crippen LogP contribution in [0.4, 0.5) is 0 Å². The van der Waals surface area contributed by atoms with Gasteiger partial charge in [0, 0.05) is 12.1 Å². The largest absolute Gasteiger partial charge is 0.508 e. The van der Waals surface area contributed by atoms with Crippen molar-refractivity contribution in [3.05, 3.63) is 77.1 Å². The number of aryl methyl sites for hydroxylation is 1. The third-order valence-corrected chi connectivity index (χ3v) is 6.10. The SMILES string of the molecule is CCC(Sc1nc(Cc2ccc(O)cc2)c(C)[nH]1)C(=O)NC(C)c1ccccc1. The third-order valence-electron chi connectivity index (χ3n) is 4.85. The quantitative estimate of drug-likeness (QED) is 0.469. The lowest BCUT2D eigenvalue weighted by molar-refractivity contribution is -0.121. The van der Waals surface area contributed by atoms with Gasteiger partial charge in [-0.2, -0.15) is 0 Å². The molecule has 0 aliphatic carbocycles. The zero-order chi connectivity index (χ0) is 20.8. The molecule has 5 nitrogen and oxygen atoms in total. The molecule has 0 saturated heterocycles. The minimum atomic E-state index is -0.215. The molecule has 3 aromatic rings. The number of nitrogens with one attached hydrogen (secondary N) is 2. The van der Waals surface area contributed by atoms with Crippen molar-refractivity contribution in [3.8, 4) is 5.75 Å². The van der Waals surface area contributed by atoms with E-state index >= 15 is 0 Å². The molecular weight excluding hydrogens is 382 g/mol. The molecule has 29 heavy (non-hydrogen) atoms. The van der Waals surface area contributed by atoms with E-state index in [0.29, 0.717) is 12.8 Å². The van der Waals surface area contributed by atoms with Crippen LogP contribution in [0, 0.1) is 6.92 Å². The van der Waals surface area contributed by atoms with E-state index in [1.807, 2.05) is 63.2 Å². The molecule has 0 aliphatic heterocycles. The summed E-state index contributed by atoms with van der Waals surface area (Å²) in [6.45, 7) is 6.00. The Morgan fingerprint density at radius 3 is 2.52 bits per heavy atom. The van der Waals surface area contributed by atoms with Crippen LogP contribution in [-0.2, 0) is 11.2 Å². The second-order valence-electron chi connectivity index (χ2n) is 7.11. The fraction of sp³-hybridized carbons (Fsp3) is 0.304. The molecule has 2 unspecified atom stereocenters. The van der Waals surface area contributed by atoms with Crippen molar-refractivity contribution in [2.24, 2.45) is 0 Å². The van der Waals surface area contributed by atoms with Crippen LogP contribution >= 0.6 is 11.8 Å². The van der Waals surface area contributed by atoms with E-state index in [-0.39, 0.29) is 22.9 Å². The summed E-state index contributed by atoms with van der Waals surface area (Å²) in [5, 5.41) is 13.1. The number of amides is 1. The van der Waals surface area contributed by atoms with Crippen LogP contribution in [-0.4, -0.2) is 26.2 Å². The molecule has 0 aliphatic rings. The highest BCUT2D eigenvalue weighted by molar-refractivity contribution is 8.00. The van der Waals surface area contributed by atoms with Gasteiger partial charge in [0.2, 0.25) is 5.91 Å². The highest BCUT2D eigenvalue weighted by Gasteiger charge is 2.22. The number of hydrogen-bond acceptors (Lipinski definition) is 4. The molecule has 1 heterocycles. The van der Waals surface area contributed by atoms with Gasteiger partial charge in [0.1, 0.15) is 5.75 Å². The Hall–Kier alpha value is -2.73. The van der Waals surface area contributed by atoms with E-state index in [1.165, 1.54) is 11.8 Å². The number of carbonyl (C=O) groups is 1. The molecule has 2 aromatic carbocycles. The fourth-order valence-electron chi connectivity index (χ4n) is 3.09. The van der Waals surface area contributed by atoms with Crippen molar-refractivity contribution in [2.75, 3.05) is 0 Å². The van der Waals surface area contributed by atoms with Gasteiger partial charge in [-0.3, -0.25) is 4.79 Å². The first kappa shape index (κ1) is 21.0. The van der Waals surface area contributed by atoms with E-state index < -0.39 is 0 Å². The molecule has 0 spiro atoms. The second-order valence-corrected chi connectivity index (χ2v) is 8.30. The standard InChI is InChI=1S/C23H27N3O2S/c1-4-21(22(28)24-15(2)18-8-6-5-7-9-18)29-23-25-16(3)20(26-23)14-17-10-12-19(27)13-11-17/h5-13,15,21,27H,4,14H2,1-3H3,(H,24,28)(H,25,26). The number of phenolic OH excluding ortho intramolecular Hbond substituents is 1. The van der Waals surface area contributed by atoms with Gasteiger partial charge in [0.25, 0.3) is 0 Å². The zero-order valence-electron chi connectivity index (χ0n) is 17.0. The summed E-state index contributed by atoms with van der Waals surface area (Å²) < 4.78 is 0. The number of aromatic amines is 1. The summed E-state index contributed by atoms with van der Waals surface area (Å²) in [6.07, 6.45) is 1.39. The first-order chi connectivity index (χ1) is 14.0. The minimum absolute atomic E-state index is 0.0167. The smallest absolute Gasteiger partial charge is 0.234 e. The van der Waals surface area contributed by atoms with Gasteiger partial charge in [-0.25, -0.2) is 4.98 Å². The number of rotatable bonds is 8. The lowest BCUT2D eigenvalue weighted by Crippen LogP contribution is -2.34. The second kappa shape index (κ2) is 9.65. The van der Waals surface area contributed by atoms with E-state index in [9.17, 15) is 9.90 Å². The maximum absolute atomic E-state index is 12.8. The van der Waals surface area contributed by atoms with Gasteiger partial charge in [-0.05, 0) is 43.5 Å². The number of phenols is 1. The molecular formula is C23H27N3O2S. The number of aromatic hydroxyl groups is 1. The maximum Gasteiger partial charge on any atom is 0.234 e. The highest BCUT2D eigenvalue weighted by Crippen LogP contribution is 2.26. The van der Waals surface area contributed by atoms with Crippen molar-refractivity contribution in [1.29, 1.82) is 0 Å². The molecule has 1 amide bonds. The lowest BCUT2D eigenvalue weighted by atomic mass is 10.1. The molecule has 3 N–H and O–H groups in total. The maximum atomic E-state index is 12.8. The van der Waals surface area contributed by atoms with Crippen LogP contribution in [0.2, 0.25) is 0 Å². The highest BCUT2D eigenvalue weighted by atomic mass is 32.2. The van der Waals surface area contributed by atoms with Crippen LogP contribution in [0.25, 0.3) is 0 Å². The van der Waals surface area contributed by atoms with Crippen molar-refractivity contribution in [2.45, 2.75) is 50.1 Å². The zero-order valence-corrected chi connectivity index (χ0v) is 17.8. The van der Waals surface area contributed by atoms with Crippen molar-refractivity contribution in [1.82, 2.24) is 15.3 Å². The number of hydrogen-bond donors (Lipinski definition) is 3. The Labute approximate surface area is 176 Å². The molecule has 1 aromatic heterocycles. The van der Waals surface area contributed by atoms with Gasteiger partial charge in [-0.15, -0.1) is 0 Å². The molecule has 152 valence electrons. The van der Waals surface area contributed by atoms with E-state index in [1.54, 1.807) is 12.1 Å². The van der Waals surface area contributed by atoms with Gasteiger partial charge in [0.05, 0.1) is 17.0 Å². The van der Waals surface area contributed by atoms with E-state index in [4.69, 9.17) is 4.98 Å². The third kappa shape index (κ3) is 5.64. The minimum Gasteiger partial charge on any atom is -0.508 e. The van der Waals surface area contributed by atoms with Crippen molar-refractivity contribution >= 4 is 17.7 Å². The Balaban J connectivity index is 1.64. The predicted octanol–water partition coefficient (Wildman–Crippen LogP) is 4.76. The Kier molecular flexibility index (Phi) is 6.99. The number of benzene rings is 2. The molecule has 0 saturated carbocycles. The monoisotopic (exact) mass is 409 g/mol. The number of aromatic nitrogens is 2. The first-order valence-electron chi connectivity index (χ1n) is 9.81. The van der Waals surface area contributed by atoms with Gasteiger partial charge in [0.15, 0.2) is 5.16 Å². The van der Waals surface area contributed by atoms with Crippen molar-refractivity contribution in [3.63, 3.8) is 0 Å².